The van der Waals surface area contributed by atoms with Crippen LogP contribution in [-0.4, -0.2) is 19.8 Å². The van der Waals surface area contributed by atoms with Crippen molar-refractivity contribution in [1.29, 1.82) is 0 Å². The molecule has 0 aromatic carbocycles. The van der Waals surface area contributed by atoms with Gasteiger partial charge in [-0.05, 0) is 32.1 Å². The Kier molecular flexibility index (Phi) is 14.5. The molecule has 0 bridgehead atoms. The zero-order chi connectivity index (χ0) is 20.6. The third-order valence-electron chi connectivity index (χ3n) is 5.24. The highest BCUT2D eigenvalue weighted by Crippen LogP contribution is 2.49. The minimum Gasteiger partial charge on any atom is -0.296 e. The Balaban J connectivity index is 1.82. The molecule has 0 aromatic rings. The maximum atomic E-state index is 12.3. The molecule has 166 valence electrons. The van der Waals surface area contributed by atoms with E-state index in [-0.39, 0.29) is 5.41 Å². The predicted molar refractivity (Wildman–Crippen MR) is 121 cm³/mol. The second-order valence-electron chi connectivity index (χ2n) is 9.05. The Morgan fingerprint density at radius 2 is 1.25 bits per heavy atom. The van der Waals surface area contributed by atoms with Crippen LogP contribution in [0.4, 0.5) is 0 Å². The zero-order valence-electron chi connectivity index (χ0n) is 18.8. The summed E-state index contributed by atoms with van der Waals surface area (Å²) in [4.78, 5) is 0. The van der Waals surface area contributed by atoms with E-state index in [2.05, 4.69) is 38.0 Å². The minimum absolute atomic E-state index is 0.0426. The number of hydrogen-bond acceptors (Lipinski definition) is 3. The lowest BCUT2D eigenvalue weighted by Gasteiger charge is -2.33. The fourth-order valence-corrected chi connectivity index (χ4v) is 5.01. The van der Waals surface area contributed by atoms with Gasteiger partial charge in [0.2, 0.25) is 0 Å². The van der Waals surface area contributed by atoms with Gasteiger partial charge in [0.25, 0.3) is 0 Å². The molecule has 5 heteroatoms. The van der Waals surface area contributed by atoms with Crippen LogP contribution in [0, 0.1) is 5.41 Å². The third kappa shape index (κ3) is 13.9. The molecule has 1 saturated heterocycles. The Bertz CT molecular complexity index is 437. The van der Waals surface area contributed by atoms with Gasteiger partial charge in [-0.15, -0.1) is 0 Å². The molecule has 1 aliphatic heterocycles. The van der Waals surface area contributed by atoms with Crippen LogP contribution >= 0.6 is 7.75 Å². The van der Waals surface area contributed by atoms with E-state index in [1.807, 2.05) is 0 Å². The Hall–Kier alpha value is -0.150. The second kappa shape index (κ2) is 15.7. The van der Waals surface area contributed by atoms with Crippen LogP contribution in [0.3, 0.4) is 0 Å². The van der Waals surface area contributed by atoms with Gasteiger partial charge in [0.1, 0.15) is 0 Å². The molecule has 0 spiro atoms. The second-order valence-corrected chi connectivity index (χ2v) is 10.9. The predicted octanol–water partition coefficient (Wildman–Crippen LogP) is 7.79. The number of nitrogens with one attached hydrogen (secondary N) is 1. The summed E-state index contributed by atoms with van der Waals surface area (Å²) in [5, 5.41) is 2.99. The van der Waals surface area contributed by atoms with Crippen molar-refractivity contribution in [2.45, 2.75) is 111 Å². The molecule has 4 nitrogen and oxygen atoms in total. The average Bonchev–Trinajstić information content (AvgIpc) is 2.67. The first-order chi connectivity index (χ1) is 13.5. The van der Waals surface area contributed by atoms with Gasteiger partial charge >= 0.3 is 7.75 Å². The summed E-state index contributed by atoms with van der Waals surface area (Å²) in [5.41, 5.74) is -0.0426. The van der Waals surface area contributed by atoms with Crippen LogP contribution in [0.5, 0.6) is 0 Å². The van der Waals surface area contributed by atoms with Crippen LogP contribution in [0.25, 0.3) is 0 Å². The number of unbranched alkanes of at least 4 members (excludes halogenated alkanes) is 12. The first kappa shape index (κ1) is 25.9. The first-order valence-electron chi connectivity index (χ1n) is 11.8. The lowest BCUT2D eigenvalue weighted by Crippen LogP contribution is -2.33. The molecule has 1 N–H and O–H groups in total. The van der Waals surface area contributed by atoms with Crippen molar-refractivity contribution in [3.05, 3.63) is 12.2 Å². The first-order valence-corrected chi connectivity index (χ1v) is 13.3. The summed E-state index contributed by atoms with van der Waals surface area (Å²) in [7, 11) is -3.04. The highest BCUT2D eigenvalue weighted by Gasteiger charge is 2.36. The van der Waals surface area contributed by atoms with E-state index in [9.17, 15) is 4.57 Å². The minimum atomic E-state index is -3.04. The summed E-state index contributed by atoms with van der Waals surface area (Å²) < 4.78 is 23.2. The molecule has 0 saturated carbocycles. The van der Waals surface area contributed by atoms with Crippen molar-refractivity contribution < 1.29 is 13.6 Å². The maximum absolute atomic E-state index is 12.3. The quantitative estimate of drug-likeness (QED) is 0.150. The van der Waals surface area contributed by atoms with Crippen molar-refractivity contribution in [3.8, 4) is 0 Å². The molecule has 28 heavy (non-hydrogen) atoms. The standard InChI is InChI=1S/C23H46NO3P/c1-4-5-6-7-8-9-10-11-12-13-14-15-16-17-18-19-20-24-28(25)26-21-23(2,3)22-27-28/h11-12H,4-10,13-22H2,1-3H3,(H,24,25)/b12-11+. The fraction of sp³-hybridized carbons (Fsp3) is 0.913. The van der Waals surface area contributed by atoms with Gasteiger partial charge in [-0.2, -0.15) is 0 Å². The molecule has 0 aliphatic carbocycles. The van der Waals surface area contributed by atoms with E-state index in [4.69, 9.17) is 9.05 Å². The van der Waals surface area contributed by atoms with Crippen LogP contribution in [0.15, 0.2) is 12.2 Å². The molecular weight excluding hydrogens is 369 g/mol. The summed E-state index contributed by atoms with van der Waals surface area (Å²) >= 11 is 0. The molecule has 0 unspecified atom stereocenters. The van der Waals surface area contributed by atoms with E-state index < -0.39 is 7.75 Å². The zero-order valence-corrected chi connectivity index (χ0v) is 19.7. The summed E-state index contributed by atoms with van der Waals surface area (Å²) in [6.45, 7) is 8.07. The van der Waals surface area contributed by atoms with Crippen LogP contribution in [0.2, 0.25) is 0 Å². The molecular formula is C23H46NO3P. The number of hydrogen-bond donors (Lipinski definition) is 1. The molecule has 0 radical (unpaired) electrons. The highest BCUT2D eigenvalue weighted by molar-refractivity contribution is 7.51. The van der Waals surface area contributed by atoms with Gasteiger partial charge in [0, 0.05) is 12.0 Å². The molecule has 1 rings (SSSR count). The monoisotopic (exact) mass is 415 g/mol. The summed E-state index contributed by atoms with van der Waals surface area (Å²) in [6.07, 6.45) is 22.9. The maximum Gasteiger partial charge on any atom is 0.405 e. The third-order valence-corrected chi connectivity index (χ3v) is 6.79. The molecule has 0 amide bonds. The smallest absolute Gasteiger partial charge is 0.296 e. The molecule has 0 aromatic heterocycles. The van der Waals surface area contributed by atoms with Gasteiger partial charge in [0.15, 0.2) is 0 Å². The Morgan fingerprint density at radius 3 is 1.79 bits per heavy atom. The Morgan fingerprint density at radius 1 is 0.786 bits per heavy atom. The molecule has 1 fully saturated rings. The SMILES string of the molecule is CCCCCCCC/C=C/CCCCCCCCNP1(=O)OCC(C)(C)CO1. The molecule has 1 heterocycles. The normalized spacial score (nSPS) is 18.7. The number of rotatable bonds is 17. The van der Waals surface area contributed by atoms with Crippen molar-refractivity contribution in [3.63, 3.8) is 0 Å². The van der Waals surface area contributed by atoms with Gasteiger partial charge < -0.3 is 0 Å². The van der Waals surface area contributed by atoms with E-state index >= 15 is 0 Å². The summed E-state index contributed by atoms with van der Waals surface area (Å²) in [6, 6.07) is 0. The lowest BCUT2D eigenvalue weighted by molar-refractivity contribution is 0.0372. The average molecular weight is 416 g/mol. The van der Waals surface area contributed by atoms with Gasteiger partial charge in [-0.1, -0.05) is 90.7 Å². The molecule has 0 atom stereocenters. The topological polar surface area (TPSA) is 47.6 Å². The van der Waals surface area contributed by atoms with Crippen molar-refractivity contribution in [2.24, 2.45) is 5.41 Å². The van der Waals surface area contributed by atoms with Crippen molar-refractivity contribution in [1.82, 2.24) is 5.09 Å². The lowest BCUT2D eigenvalue weighted by atomic mass is 9.97. The number of allylic oxidation sites excluding steroid dienone is 2. The fourth-order valence-electron chi connectivity index (χ4n) is 3.28. The van der Waals surface area contributed by atoms with Crippen LogP contribution < -0.4 is 5.09 Å². The Labute approximate surface area is 174 Å². The summed E-state index contributed by atoms with van der Waals surface area (Å²) in [5.74, 6) is 0. The largest absolute Gasteiger partial charge is 0.405 e. The van der Waals surface area contributed by atoms with Crippen LogP contribution in [0.1, 0.15) is 111 Å². The van der Waals surface area contributed by atoms with E-state index in [0.717, 1.165) is 6.42 Å². The van der Waals surface area contributed by atoms with Gasteiger partial charge in [-0.25, -0.2) is 9.65 Å². The van der Waals surface area contributed by atoms with Crippen molar-refractivity contribution >= 4 is 7.75 Å². The van der Waals surface area contributed by atoms with E-state index in [1.54, 1.807) is 0 Å². The van der Waals surface area contributed by atoms with Gasteiger partial charge in [-0.3, -0.25) is 9.05 Å². The van der Waals surface area contributed by atoms with E-state index in [0.29, 0.717) is 19.8 Å². The van der Waals surface area contributed by atoms with Crippen molar-refractivity contribution in [2.75, 3.05) is 19.8 Å². The highest BCUT2D eigenvalue weighted by atomic mass is 31.2. The molecule has 1 aliphatic rings. The van der Waals surface area contributed by atoms with Crippen LogP contribution in [-0.2, 0) is 13.6 Å². The van der Waals surface area contributed by atoms with E-state index in [1.165, 1.54) is 83.5 Å². The van der Waals surface area contributed by atoms with Gasteiger partial charge in [0.05, 0.1) is 13.2 Å².